The molecule has 19 heavy (non-hydrogen) atoms. The fourth-order valence-corrected chi connectivity index (χ4v) is 3.99. The Bertz CT molecular complexity index is 553. The molecule has 0 aliphatic heterocycles. The van der Waals surface area contributed by atoms with Gasteiger partial charge < -0.3 is 10.8 Å². The maximum Gasteiger partial charge on any atom is 0.150 e. The zero-order valence-electron chi connectivity index (χ0n) is 11.3. The van der Waals surface area contributed by atoms with Gasteiger partial charge in [0.1, 0.15) is 15.7 Å². The molecule has 108 valence electrons. The van der Waals surface area contributed by atoms with Crippen LogP contribution in [0.25, 0.3) is 0 Å². The normalized spacial score (nSPS) is 26.3. The van der Waals surface area contributed by atoms with Gasteiger partial charge in [0.25, 0.3) is 0 Å². The van der Waals surface area contributed by atoms with E-state index in [1.165, 1.54) is 10.9 Å². The summed E-state index contributed by atoms with van der Waals surface area (Å²) in [6.07, 6.45) is 4.91. The molecule has 0 spiro atoms. The molecule has 1 aliphatic rings. The average molecular weight is 287 g/mol. The number of anilines is 1. The van der Waals surface area contributed by atoms with Crippen LogP contribution < -0.4 is 5.73 Å². The lowest BCUT2D eigenvalue weighted by molar-refractivity contribution is 0.0863. The molecule has 0 aromatic carbocycles. The summed E-state index contributed by atoms with van der Waals surface area (Å²) in [5.74, 6) is 0.369. The van der Waals surface area contributed by atoms with Gasteiger partial charge in [0.15, 0.2) is 0 Å². The van der Waals surface area contributed by atoms with Crippen molar-refractivity contribution in [3.63, 3.8) is 0 Å². The third-order valence-corrected chi connectivity index (χ3v) is 5.69. The molecule has 1 saturated carbocycles. The molecule has 1 aromatic heterocycles. The molecule has 0 radical (unpaired) electrons. The quantitative estimate of drug-likeness (QED) is 0.850. The zero-order valence-corrected chi connectivity index (χ0v) is 12.1. The molecule has 2 rings (SSSR count). The summed E-state index contributed by atoms with van der Waals surface area (Å²) in [5, 5.41) is 14.1. The number of nitrogens with zero attached hydrogens (tertiary/aromatic N) is 2. The number of nitrogen functional groups attached to an aromatic ring is 1. The van der Waals surface area contributed by atoms with Crippen LogP contribution in [0.1, 0.15) is 37.4 Å². The molecule has 3 N–H and O–H groups in total. The molecule has 1 aliphatic carbocycles. The van der Waals surface area contributed by atoms with E-state index in [-0.39, 0.29) is 11.2 Å². The van der Waals surface area contributed by atoms with E-state index < -0.39 is 15.9 Å². The van der Waals surface area contributed by atoms with E-state index >= 15 is 0 Å². The number of aryl methyl sites for hydroxylation is 1. The van der Waals surface area contributed by atoms with E-state index in [1.54, 1.807) is 13.2 Å². The van der Waals surface area contributed by atoms with Gasteiger partial charge in [-0.1, -0.05) is 6.42 Å². The van der Waals surface area contributed by atoms with Gasteiger partial charge in [-0.05, 0) is 25.2 Å². The Balaban J connectivity index is 2.16. The van der Waals surface area contributed by atoms with Crippen molar-refractivity contribution in [2.24, 2.45) is 13.0 Å². The molecule has 1 fully saturated rings. The highest BCUT2D eigenvalue weighted by atomic mass is 32.2. The maximum absolute atomic E-state index is 11.6. The second kappa shape index (κ2) is 5.13. The lowest BCUT2D eigenvalue weighted by Crippen LogP contribution is -2.30. The summed E-state index contributed by atoms with van der Waals surface area (Å²) < 4.78 is 24.8. The number of hydrogen-bond acceptors (Lipinski definition) is 5. The van der Waals surface area contributed by atoms with E-state index in [0.29, 0.717) is 24.2 Å². The second-order valence-electron chi connectivity index (χ2n) is 5.43. The smallest absolute Gasteiger partial charge is 0.150 e. The SMILES string of the molecule is Cn1ncc(C(O)C2CCCC(S(C)(=O)=O)C2)c1N. The number of aliphatic hydroxyl groups is 1. The van der Waals surface area contributed by atoms with Crippen molar-refractivity contribution in [2.45, 2.75) is 37.0 Å². The van der Waals surface area contributed by atoms with E-state index in [0.717, 1.165) is 12.8 Å². The van der Waals surface area contributed by atoms with E-state index in [9.17, 15) is 13.5 Å². The molecular formula is C12H21N3O3S. The minimum atomic E-state index is -3.04. The summed E-state index contributed by atoms with van der Waals surface area (Å²) >= 11 is 0. The predicted octanol–water partition coefficient (Wildman–Crippen LogP) is 0.639. The van der Waals surface area contributed by atoms with Crippen LogP contribution in [-0.4, -0.2) is 34.8 Å². The zero-order chi connectivity index (χ0) is 14.2. The van der Waals surface area contributed by atoms with Crippen molar-refractivity contribution >= 4 is 15.7 Å². The third-order valence-electron chi connectivity index (χ3n) is 4.05. The molecule has 3 atom stereocenters. The van der Waals surface area contributed by atoms with Crippen LogP contribution in [0, 0.1) is 5.92 Å². The maximum atomic E-state index is 11.6. The fourth-order valence-electron chi connectivity index (χ4n) is 2.80. The summed E-state index contributed by atoms with van der Waals surface area (Å²) in [6, 6.07) is 0. The average Bonchev–Trinajstić information content (AvgIpc) is 2.68. The third kappa shape index (κ3) is 2.92. The molecule has 3 unspecified atom stereocenters. The van der Waals surface area contributed by atoms with Crippen LogP contribution in [0.3, 0.4) is 0 Å². The number of sulfone groups is 1. The van der Waals surface area contributed by atoms with Crippen LogP contribution in [0.2, 0.25) is 0 Å². The topological polar surface area (TPSA) is 98.2 Å². The minimum Gasteiger partial charge on any atom is -0.388 e. The van der Waals surface area contributed by atoms with Crippen molar-refractivity contribution in [1.29, 1.82) is 0 Å². The molecule has 0 saturated heterocycles. The van der Waals surface area contributed by atoms with Crippen molar-refractivity contribution in [3.05, 3.63) is 11.8 Å². The first kappa shape index (κ1) is 14.3. The van der Waals surface area contributed by atoms with E-state index in [4.69, 9.17) is 5.73 Å². The standard InChI is InChI=1S/C12H21N3O3S/c1-15-12(13)10(7-14-15)11(16)8-4-3-5-9(6-8)19(2,17)18/h7-9,11,16H,3-6,13H2,1-2H3. The monoisotopic (exact) mass is 287 g/mol. The summed E-state index contributed by atoms with van der Waals surface area (Å²) in [7, 11) is -1.33. The Morgan fingerprint density at radius 2 is 2.21 bits per heavy atom. The lowest BCUT2D eigenvalue weighted by atomic mass is 9.83. The van der Waals surface area contributed by atoms with Gasteiger partial charge in [0, 0.05) is 18.9 Å². The van der Waals surface area contributed by atoms with Crippen LogP contribution in [0.5, 0.6) is 0 Å². The predicted molar refractivity (Wildman–Crippen MR) is 73.2 cm³/mol. The number of rotatable bonds is 3. The molecule has 0 bridgehead atoms. The van der Waals surface area contributed by atoms with E-state index in [2.05, 4.69) is 5.10 Å². The van der Waals surface area contributed by atoms with Crippen molar-refractivity contribution < 1.29 is 13.5 Å². The Morgan fingerprint density at radius 3 is 2.74 bits per heavy atom. The van der Waals surface area contributed by atoms with Gasteiger partial charge in [-0.25, -0.2) is 8.42 Å². The Kier molecular flexibility index (Phi) is 3.87. The van der Waals surface area contributed by atoms with Gasteiger partial charge in [-0.3, -0.25) is 4.68 Å². The highest BCUT2D eigenvalue weighted by Gasteiger charge is 2.34. The van der Waals surface area contributed by atoms with Crippen molar-refractivity contribution in [1.82, 2.24) is 9.78 Å². The summed E-state index contributed by atoms with van der Waals surface area (Å²) in [5.41, 5.74) is 6.45. The van der Waals surface area contributed by atoms with Crippen molar-refractivity contribution in [3.8, 4) is 0 Å². The van der Waals surface area contributed by atoms with Gasteiger partial charge in [0.2, 0.25) is 0 Å². The van der Waals surface area contributed by atoms with Crippen LogP contribution in [0.4, 0.5) is 5.82 Å². The van der Waals surface area contributed by atoms with Gasteiger partial charge in [-0.15, -0.1) is 0 Å². The highest BCUT2D eigenvalue weighted by Crippen LogP contribution is 2.38. The Morgan fingerprint density at radius 1 is 1.53 bits per heavy atom. The number of hydrogen-bond donors (Lipinski definition) is 2. The van der Waals surface area contributed by atoms with Crippen LogP contribution >= 0.6 is 0 Å². The first-order valence-corrected chi connectivity index (χ1v) is 8.40. The van der Waals surface area contributed by atoms with Crippen LogP contribution in [0.15, 0.2) is 6.20 Å². The fraction of sp³-hybridized carbons (Fsp3) is 0.750. The molecule has 1 heterocycles. The van der Waals surface area contributed by atoms with Gasteiger partial charge >= 0.3 is 0 Å². The first-order valence-electron chi connectivity index (χ1n) is 6.45. The molecular weight excluding hydrogens is 266 g/mol. The highest BCUT2D eigenvalue weighted by molar-refractivity contribution is 7.91. The summed E-state index contributed by atoms with van der Waals surface area (Å²) in [4.78, 5) is 0. The molecule has 1 aromatic rings. The molecule has 0 amide bonds. The number of aliphatic hydroxyl groups excluding tert-OH is 1. The molecule has 6 nitrogen and oxygen atoms in total. The number of nitrogens with two attached hydrogens (primary N) is 1. The van der Waals surface area contributed by atoms with Gasteiger partial charge in [0.05, 0.1) is 17.6 Å². The minimum absolute atomic E-state index is 0.0695. The second-order valence-corrected chi connectivity index (χ2v) is 7.76. The molecule has 7 heteroatoms. The largest absolute Gasteiger partial charge is 0.388 e. The van der Waals surface area contributed by atoms with Crippen molar-refractivity contribution in [2.75, 3.05) is 12.0 Å². The number of aromatic nitrogens is 2. The Labute approximate surface area is 113 Å². The van der Waals surface area contributed by atoms with Crippen LogP contribution in [-0.2, 0) is 16.9 Å². The lowest BCUT2D eigenvalue weighted by Gasteiger charge is -2.31. The summed E-state index contributed by atoms with van der Waals surface area (Å²) in [6.45, 7) is 0. The van der Waals surface area contributed by atoms with E-state index in [1.807, 2.05) is 0 Å². The Hall–Kier alpha value is -1.08. The first-order chi connectivity index (χ1) is 8.80. The van der Waals surface area contributed by atoms with Gasteiger partial charge in [-0.2, -0.15) is 5.10 Å².